The molecule has 0 aromatic carbocycles. The van der Waals surface area contributed by atoms with Gasteiger partial charge >= 0.3 is 6.09 Å². The van der Waals surface area contributed by atoms with Gasteiger partial charge in [-0.2, -0.15) is 5.10 Å². The van der Waals surface area contributed by atoms with Crippen molar-refractivity contribution in [2.75, 3.05) is 18.0 Å². The summed E-state index contributed by atoms with van der Waals surface area (Å²) in [6, 6.07) is 2.13. The van der Waals surface area contributed by atoms with Crippen molar-refractivity contribution in [2.45, 2.75) is 59.1 Å². The number of aromatic nitrogens is 2. The number of hydrogen-bond donors (Lipinski definition) is 1. The average molecular weight is 306 g/mol. The smallest absolute Gasteiger partial charge is 0.407 e. The number of hydrogen-bond acceptors (Lipinski definition) is 5. The molecule has 0 bridgehead atoms. The van der Waals surface area contributed by atoms with Crippen LogP contribution in [0.15, 0.2) is 6.07 Å². The summed E-state index contributed by atoms with van der Waals surface area (Å²) in [6.07, 6.45) is 1.61. The van der Waals surface area contributed by atoms with Gasteiger partial charge in [0.05, 0.1) is 5.69 Å². The number of alkyl carbamates (subject to hydrolysis) is 1. The van der Waals surface area contributed by atoms with Gasteiger partial charge in [0.1, 0.15) is 5.60 Å². The van der Waals surface area contributed by atoms with E-state index in [4.69, 9.17) is 4.74 Å². The second-order valence-corrected chi connectivity index (χ2v) is 6.90. The summed E-state index contributed by atoms with van der Waals surface area (Å²) in [4.78, 5) is 14.1. The molecule has 1 atom stereocenters. The lowest BCUT2D eigenvalue weighted by atomic mass is 10.1. The molecule has 1 amide bonds. The van der Waals surface area contributed by atoms with Crippen molar-refractivity contribution in [1.82, 2.24) is 15.5 Å². The van der Waals surface area contributed by atoms with Crippen LogP contribution in [0.2, 0.25) is 0 Å². The minimum absolute atomic E-state index is 0.0759. The zero-order chi connectivity index (χ0) is 16.3. The van der Waals surface area contributed by atoms with Crippen LogP contribution in [0.1, 0.15) is 44.9 Å². The minimum Gasteiger partial charge on any atom is -0.444 e. The van der Waals surface area contributed by atoms with E-state index in [1.165, 1.54) is 0 Å². The number of aryl methyl sites for hydroxylation is 2. The van der Waals surface area contributed by atoms with Crippen molar-refractivity contribution < 1.29 is 9.53 Å². The van der Waals surface area contributed by atoms with Crippen molar-refractivity contribution in [1.29, 1.82) is 0 Å². The number of carbonyl (C=O) groups is 1. The van der Waals surface area contributed by atoms with Crippen molar-refractivity contribution >= 4 is 11.9 Å². The van der Waals surface area contributed by atoms with Crippen molar-refractivity contribution in [3.8, 4) is 0 Å². The molecule has 1 saturated heterocycles. The molecule has 0 spiro atoms. The Labute approximate surface area is 132 Å². The van der Waals surface area contributed by atoms with E-state index in [0.29, 0.717) is 0 Å². The molecule has 6 heteroatoms. The highest BCUT2D eigenvalue weighted by Gasteiger charge is 2.25. The Morgan fingerprint density at radius 3 is 2.73 bits per heavy atom. The molecule has 0 aliphatic carbocycles. The number of rotatable bonds is 2. The molecule has 1 unspecified atom stereocenters. The average Bonchev–Trinajstić information content (AvgIpc) is 2.40. The van der Waals surface area contributed by atoms with Crippen LogP contribution in [0.3, 0.4) is 0 Å². The van der Waals surface area contributed by atoms with Crippen LogP contribution in [-0.4, -0.2) is 41.0 Å². The SMILES string of the molecule is Cc1cc(N2CCCC(NC(=O)OC(C)(C)C)C2)nnc1C. The standard InChI is InChI=1S/C16H26N4O2/c1-11-9-14(19-18-12(11)2)20-8-6-7-13(10-20)17-15(21)22-16(3,4)5/h9,13H,6-8,10H2,1-5H3,(H,17,21). The molecule has 0 radical (unpaired) electrons. The molecule has 1 N–H and O–H groups in total. The molecule has 1 aliphatic rings. The maximum atomic E-state index is 11.9. The fraction of sp³-hybridized carbons (Fsp3) is 0.688. The Bertz CT molecular complexity index is 539. The van der Waals surface area contributed by atoms with Crippen LogP contribution < -0.4 is 10.2 Å². The quantitative estimate of drug-likeness (QED) is 0.909. The Hall–Kier alpha value is -1.85. The molecule has 2 rings (SSSR count). The number of ether oxygens (including phenoxy) is 1. The predicted molar refractivity (Wildman–Crippen MR) is 86.1 cm³/mol. The first kappa shape index (κ1) is 16.5. The molecule has 1 aromatic rings. The molecule has 1 aliphatic heterocycles. The third-order valence-electron chi connectivity index (χ3n) is 3.68. The van der Waals surface area contributed by atoms with Gasteiger partial charge in [0.2, 0.25) is 0 Å². The van der Waals surface area contributed by atoms with Gasteiger partial charge in [0.25, 0.3) is 0 Å². The van der Waals surface area contributed by atoms with Crippen molar-refractivity contribution in [2.24, 2.45) is 0 Å². The highest BCUT2D eigenvalue weighted by Crippen LogP contribution is 2.19. The summed E-state index contributed by atoms with van der Waals surface area (Å²) in [5.41, 5.74) is 1.61. The zero-order valence-electron chi connectivity index (χ0n) is 14.1. The lowest BCUT2D eigenvalue weighted by molar-refractivity contribution is 0.0500. The van der Waals surface area contributed by atoms with E-state index in [1.54, 1.807) is 0 Å². The van der Waals surface area contributed by atoms with Gasteiger partial charge in [-0.15, -0.1) is 5.10 Å². The second-order valence-electron chi connectivity index (χ2n) is 6.90. The number of piperidine rings is 1. The van der Waals surface area contributed by atoms with Gasteiger partial charge < -0.3 is 15.0 Å². The molecule has 0 saturated carbocycles. The fourth-order valence-corrected chi connectivity index (χ4v) is 2.46. The normalized spacial score (nSPS) is 19.0. The lowest BCUT2D eigenvalue weighted by Gasteiger charge is -2.34. The van der Waals surface area contributed by atoms with Gasteiger partial charge in [-0.25, -0.2) is 4.79 Å². The van der Waals surface area contributed by atoms with E-state index in [9.17, 15) is 4.79 Å². The largest absolute Gasteiger partial charge is 0.444 e. The topological polar surface area (TPSA) is 67.4 Å². The van der Waals surface area contributed by atoms with E-state index < -0.39 is 5.60 Å². The number of anilines is 1. The first-order chi connectivity index (χ1) is 10.2. The van der Waals surface area contributed by atoms with E-state index in [1.807, 2.05) is 34.6 Å². The summed E-state index contributed by atoms with van der Waals surface area (Å²) >= 11 is 0. The van der Waals surface area contributed by atoms with Gasteiger partial charge in [0.15, 0.2) is 5.82 Å². The maximum absolute atomic E-state index is 11.9. The van der Waals surface area contributed by atoms with E-state index >= 15 is 0 Å². The third kappa shape index (κ3) is 4.58. The molecule has 1 fully saturated rings. The van der Waals surface area contributed by atoms with Crippen LogP contribution in [-0.2, 0) is 4.74 Å². The summed E-state index contributed by atoms with van der Waals surface area (Å²) in [5, 5.41) is 11.4. The molecule has 1 aromatic heterocycles. The first-order valence-corrected chi connectivity index (χ1v) is 7.80. The fourth-order valence-electron chi connectivity index (χ4n) is 2.46. The summed E-state index contributed by atoms with van der Waals surface area (Å²) in [5.74, 6) is 0.874. The van der Waals surface area contributed by atoms with Gasteiger partial charge in [-0.1, -0.05) is 0 Å². The van der Waals surface area contributed by atoms with Gasteiger partial charge in [0, 0.05) is 19.1 Å². The molecule has 6 nitrogen and oxygen atoms in total. The zero-order valence-corrected chi connectivity index (χ0v) is 14.1. The van der Waals surface area contributed by atoms with Crippen molar-refractivity contribution in [3.63, 3.8) is 0 Å². The van der Waals surface area contributed by atoms with E-state index in [0.717, 1.165) is 43.0 Å². The molecular formula is C16H26N4O2. The summed E-state index contributed by atoms with van der Waals surface area (Å²) in [7, 11) is 0. The van der Waals surface area contributed by atoms with E-state index in [-0.39, 0.29) is 12.1 Å². The maximum Gasteiger partial charge on any atom is 0.407 e. The third-order valence-corrected chi connectivity index (χ3v) is 3.68. The summed E-state index contributed by atoms with van der Waals surface area (Å²) in [6.45, 7) is 11.3. The van der Waals surface area contributed by atoms with Crippen LogP contribution in [0.5, 0.6) is 0 Å². The first-order valence-electron chi connectivity index (χ1n) is 7.80. The Morgan fingerprint density at radius 1 is 1.36 bits per heavy atom. The monoisotopic (exact) mass is 306 g/mol. The number of nitrogens with zero attached hydrogens (tertiary/aromatic N) is 3. The number of nitrogens with one attached hydrogen (secondary N) is 1. The highest BCUT2D eigenvalue weighted by molar-refractivity contribution is 5.68. The number of amides is 1. The van der Waals surface area contributed by atoms with Gasteiger partial charge in [-0.3, -0.25) is 0 Å². The van der Waals surface area contributed by atoms with Crippen LogP contribution in [0, 0.1) is 13.8 Å². The molecule has 122 valence electrons. The molecule has 2 heterocycles. The number of carbonyl (C=O) groups excluding carboxylic acids is 1. The van der Waals surface area contributed by atoms with E-state index in [2.05, 4.69) is 26.5 Å². The second kappa shape index (κ2) is 6.50. The Morgan fingerprint density at radius 2 is 2.09 bits per heavy atom. The lowest BCUT2D eigenvalue weighted by Crippen LogP contribution is -2.49. The van der Waals surface area contributed by atoms with Crippen LogP contribution >= 0.6 is 0 Å². The summed E-state index contributed by atoms with van der Waals surface area (Å²) < 4.78 is 5.32. The Balaban J connectivity index is 1.96. The molecule has 22 heavy (non-hydrogen) atoms. The predicted octanol–water partition coefficient (Wildman–Crippen LogP) is 2.59. The van der Waals surface area contributed by atoms with Crippen LogP contribution in [0.25, 0.3) is 0 Å². The Kier molecular flexibility index (Phi) is 4.88. The van der Waals surface area contributed by atoms with Crippen LogP contribution in [0.4, 0.5) is 10.6 Å². The highest BCUT2D eigenvalue weighted by atomic mass is 16.6. The van der Waals surface area contributed by atoms with Gasteiger partial charge in [-0.05, 0) is 59.1 Å². The molecular weight excluding hydrogens is 280 g/mol. The minimum atomic E-state index is -0.474. The van der Waals surface area contributed by atoms with Crippen molar-refractivity contribution in [3.05, 3.63) is 17.3 Å².